The van der Waals surface area contributed by atoms with E-state index in [9.17, 15) is 24.9 Å². The maximum atomic E-state index is 10.8. The number of hydrogen-bond acceptors (Lipinski definition) is 8. The number of likely N-dealkylation sites (N-methyl/N-ethyl adjacent to an activating group) is 3. The van der Waals surface area contributed by atoms with Gasteiger partial charge in [-0.15, -0.1) is 0 Å². The Labute approximate surface area is 146 Å². The summed E-state index contributed by atoms with van der Waals surface area (Å²) in [6.07, 6.45) is -2.61. The summed E-state index contributed by atoms with van der Waals surface area (Å²) in [5.74, 6) is -1.99. The monoisotopic (exact) mass is 363 g/mol. The largest absolute Gasteiger partial charge is 0.481 e. The summed E-state index contributed by atoms with van der Waals surface area (Å²) in [4.78, 5) is 24.7. The van der Waals surface area contributed by atoms with Crippen molar-refractivity contribution in [3.63, 3.8) is 0 Å². The standard InChI is InChI=1S/C15H29N3O7/c1-16-15(8-19)13(18(3)7-5-10(22)23)12(24)11(14(15)25)17(2)6-4-9(20)21/h11-14,16,19,24-25H,4-8H2,1-3H3,(H,20,21)(H,22,23). The molecule has 0 bridgehead atoms. The molecule has 6 N–H and O–H groups in total. The van der Waals surface area contributed by atoms with Gasteiger partial charge in [-0.25, -0.2) is 0 Å². The Bertz CT molecular complexity index is 472. The number of hydrogen-bond donors (Lipinski definition) is 6. The van der Waals surface area contributed by atoms with Crippen molar-refractivity contribution >= 4 is 11.9 Å². The molecule has 5 atom stereocenters. The minimum Gasteiger partial charge on any atom is -0.481 e. The molecule has 5 unspecified atom stereocenters. The van der Waals surface area contributed by atoms with E-state index in [1.54, 1.807) is 30.9 Å². The number of nitrogens with zero attached hydrogens (tertiary/aromatic N) is 2. The fourth-order valence-electron chi connectivity index (χ4n) is 3.71. The summed E-state index contributed by atoms with van der Waals surface area (Å²) < 4.78 is 0. The lowest BCUT2D eigenvalue weighted by molar-refractivity contribution is -0.138. The molecule has 0 aromatic rings. The summed E-state index contributed by atoms with van der Waals surface area (Å²) in [6.45, 7) is -0.239. The molecule has 10 heteroatoms. The second-order valence-electron chi connectivity index (χ2n) is 6.57. The van der Waals surface area contributed by atoms with Gasteiger partial charge in [0.05, 0.1) is 49.3 Å². The summed E-state index contributed by atoms with van der Waals surface area (Å²) in [5, 5.41) is 52.1. The van der Waals surface area contributed by atoms with Gasteiger partial charge >= 0.3 is 11.9 Å². The SMILES string of the molecule is CNC1(CO)C(O)C(N(C)CCC(=O)O)C(O)C1N(C)CCC(=O)O. The van der Waals surface area contributed by atoms with Gasteiger partial charge in [0.15, 0.2) is 0 Å². The van der Waals surface area contributed by atoms with Gasteiger partial charge in [-0.3, -0.25) is 19.4 Å². The molecule has 0 amide bonds. The molecule has 25 heavy (non-hydrogen) atoms. The minimum absolute atomic E-state index is 0.116. The molecular weight excluding hydrogens is 334 g/mol. The highest BCUT2D eigenvalue weighted by Crippen LogP contribution is 2.36. The molecular formula is C15H29N3O7. The first-order chi connectivity index (χ1) is 11.6. The third-order valence-electron chi connectivity index (χ3n) is 5.12. The van der Waals surface area contributed by atoms with E-state index in [-0.39, 0.29) is 25.9 Å². The minimum atomic E-state index is -1.27. The van der Waals surface area contributed by atoms with Crippen molar-refractivity contribution in [1.82, 2.24) is 15.1 Å². The summed E-state index contributed by atoms with van der Waals surface area (Å²) in [6, 6.07) is -1.56. The van der Waals surface area contributed by atoms with Crippen LogP contribution in [0.15, 0.2) is 0 Å². The van der Waals surface area contributed by atoms with Gasteiger partial charge in [0, 0.05) is 13.1 Å². The smallest absolute Gasteiger partial charge is 0.304 e. The van der Waals surface area contributed by atoms with E-state index in [1.807, 2.05) is 0 Å². The average molecular weight is 363 g/mol. The quantitative estimate of drug-likeness (QED) is 0.240. The Morgan fingerprint density at radius 2 is 1.52 bits per heavy atom. The van der Waals surface area contributed by atoms with E-state index >= 15 is 0 Å². The Hall–Kier alpha value is -1.30. The molecule has 1 saturated carbocycles. The first kappa shape index (κ1) is 21.7. The van der Waals surface area contributed by atoms with Crippen molar-refractivity contribution < 1.29 is 35.1 Å². The van der Waals surface area contributed by atoms with Gasteiger partial charge in [-0.05, 0) is 21.1 Å². The third-order valence-corrected chi connectivity index (χ3v) is 5.12. The second kappa shape index (κ2) is 8.88. The van der Waals surface area contributed by atoms with Gasteiger partial charge in [0.1, 0.15) is 0 Å². The molecule has 0 radical (unpaired) electrons. The number of aliphatic carboxylic acids is 2. The van der Waals surface area contributed by atoms with E-state index in [2.05, 4.69) is 5.32 Å². The van der Waals surface area contributed by atoms with E-state index in [0.717, 1.165) is 0 Å². The zero-order chi connectivity index (χ0) is 19.4. The molecule has 0 aromatic carbocycles. The number of carboxylic acid groups (broad SMARTS) is 2. The average Bonchev–Trinajstić information content (AvgIpc) is 2.77. The molecule has 1 rings (SSSR count). The summed E-state index contributed by atoms with van der Waals surface area (Å²) in [7, 11) is 4.76. The number of nitrogens with one attached hydrogen (secondary N) is 1. The van der Waals surface area contributed by atoms with Crippen molar-refractivity contribution in [3.05, 3.63) is 0 Å². The van der Waals surface area contributed by atoms with Gasteiger partial charge in [-0.1, -0.05) is 0 Å². The first-order valence-electron chi connectivity index (χ1n) is 8.12. The molecule has 1 fully saturated rings. The number of aliphatic hydroxyl groups excluding tert-OH is 3. The van der Waals surface area contributed by atoms with E-state index in [1.165, 1.54) is 0 Å². The van der Waals surface area contributed by atoms with E-state index in [4.69, 9.17) is 10.2 Å². The third kappa shape index (κ3) is 4.46. The molecule has 0 aromatic heterocycles. The number of carboxylic acids is 2. The molecule has 0 heterocycles. The van der Waals surface area contributed by atoms with Crippen LogP contribution in [0.4, 0.5) is 0 Å². The normalized spacial score (nSPS) is 32.5. The zero-order valence-electron chi connectivity index (χ0n) is 14.8. The van der Waals surface area contributed by atoms with Crippen LogP contribution in [0.2, 0.25) is 0 Å². The summed E-state index contributed by atoms with van der Waals surface area (Å²) >= 11 is 0. The van der Waals surface area contributed by atoms with E-state index in [0.29, 0.717) is 0 Å². The van der Waals surface area contributed by atoms with Crippen molar-refractivity contribution in [3.8, 4) is 0 Å². The Kier molecular flexibility index (Phi) is 7.72. The van der Waals surface area contributed by atoms with Crippen molar-refractivity contribution in [2.45, 2.75) is 42.7 Å². The van der Waals surface area contributed by atoms with Crippen LogP contribution in [0.25, 0.3) is 0 Å². The molecule has 1 aliphatic carbocycles. The summed E-state index contributed by atoms with van der Waals surface area (Å²) in [5.41, 5.74) is -1.27. The Morgan fingerprint density at radius 3 is 1.92 bits per heavy atom. The van der Waals surface area contributed by atoms with Crippen LogP contribution >= 0.6 is 0 Å². The van der Waals surface area contributed by atoms with Crippen LogP contribution in [0.3, 0.4) is 0 Å². The zero-order valence-corrected chi connectivity index (χ0v) is 14.8. The number of aliphatic hydroxyl groups is 3. The van der Waals surface area contributed by atoms with E-state index < -0.39 is 48.4 Å². The topological polar surface area (TPSA) is 154 Å². The molecule has 10 nitrogen and oxygen atoms in total. The van der Waals surface area contributed by atoms with Crippen LogP contribution in [-0.2, 0) is 9.59 Å². The number of carbonyl (C=O) groups is 2. The predicted molar refractivity (Wildman–Crippen MR) is 88.2 cm³/mol. The molecule has 0 spiro atoms. The predicted octanol–water partition coefficient (Wildman–Crippen LogP) is -2.78. The lowest BCUT2D eigenvalue weighted by atomic mass is 9.90. The van der Waals surface area contributed by atoms with Crippen molar-refractivity contribution in [2.24, 2.45) is 0 Å². The van der Waals surface area contributed by atoms with Crippen LogP contribution in [0, 0.1) is 0 Å². The fraction of sp³-hybridized carbons (Fsp3) is 0.867. The molecule has 146 valence electrons. The Balaban J connectivity index is 3.08. The van der Waals surface area contributed by atoms with Crippen LogP contribution in [0.5, 0.6) is 0 Å². The van der Waals surface area contributed by atoms with Crippen molar-refractivity contribution in [1.29, 1.82) is 0 Å². The van der Waals surface area contributed by atoms with Gasteiger partial charge in [-0.2, -0.15) is 0 Å². The highest BCUT2D eigenvalue weighted by atomic mass is 16.4. The molecule has 0 aliphatic heterocycles. The highest BCUT2D eigenvalue weighted by molar-refractivity contribution is 5.67. The van der Waals surface area contributed by atoms with Gasteiger partial charge in [0.2, 0.25) is 0 Å². The molecule has 0 saturated heterocycles. The second-order valence-corrected chi connectivity index (χ2v) is 6.57. The van der Waals surface area contributed by atoms with Crippen LogP contribution in [0.1, 0.15) is 12.8 Å². The first-order valence-corrected chi connectivity index (χ1v) is 8.12. The molecule has 1 aliphatic rings. The highest BCUT2D eigenvalue weighted by Gasteiger charge is 2.61. The number of rotatable bonds is 10. The van der Waals surface area contributed by atoms with Crippen molar-refractivity contribution in [2.75, 3.05) is 40.8 Å². The van der Waals surface area contributed by atoms with Crippen LogP contribution in [-0.4, -0.2) is 118 Å². The van der Waals surface area contributed by atoms with Gasteiger partial charge in [0.25, 0.3) is 0 Å². The maximum Gasteiger partial charge on any atom is 0.304 e. The van der Waals surface area contributed by atoms with Crippen LogP contribution < -0.4 is 5.32 Å². The maximum absolute atomic E-state index is 10.8. The lowest BCUT2D eigenvalue weighted by Gasteiger charge is -2.41. The fourth-order valence-corrected chi connectivity index (χ4v) is 3.71. The van der Waals surface area contributed by atoms with Gasteiger partial charge < -0.3 is 30.8 Å². The Morgan fingerprint density at radius 1 is 1.04 bits per heavy atom. The lowest BCUT2D eigenvalue weighted by Crippen LogP contribution is -2.65.